The molecule has 8 heteroatoms. The summed E-state index contributed by atoms with van der Waals surface area (Å²) in [6.45, 7) is 1.57. The molecule has 28 heavy (non-hydrogen) atoms. The van der Waals surface area contributed by atoms with E-state index in [-0.39, 0.29) is 30.7 Å². The normalized spacial score (nSPS) is 9.96. The van der Waals surface area contributed by atoms with Crippen molar-refractivity contribution in [3.63, 3.8) is 0 Å². The van der Waals surface area contributed by atoms with Gasteiger partial charge in [-0.3, -0.25) is 14.4 Å². The topological polar surface area (TPSA) is 106 Å². The van der Waals surface area contributed by atoms with E-state index >= 15 is 0 Å². The lowest BCUT2D eigenvalue weighted by Gasteiger charge is -2.10. The molecule has 0 aliphatic rings. The average molecular weight is 385 g/mol. The molecule has 0 aliphatic heterocycles. The highest BCUT2D eigenvalue weighted by Crippen LogP contribution is 2.22. The van der Waals surface area contributed by atoms with Crippen LogP contribution in [0.15, 0.2) is 42.5 Å². The minimum Gasteiger partial charge on any atom is -0.497 e. The number of methoxy groups -OCH3 is 2. The quantitative estimate of drug-likeness (QED) is 0.647. The molecule has 0 fully saturated rings. The second-order valence-corrected chi connectivity index (χ2v) is 5.92. The number of benzene rings is 2. The van der Waals surface area contributed by atoms with Crippen molar-refractivity contribution in [2.75, 3.05) is 31.4 Å². The van der Waals surface area contributed by atoms with Crippen molar-refractivity contribution < 1.29 is 23.9 Å². The minimum atomic E-state index is -0.336. The van der Waals surface area contributed by atoms with E-state index in [1.807, 2.05) is 0 Å². The maximum Gasteiger partial charge on any atom is 0.251 e. The van der Waals surface area contributed by atoms with Crippen molar-refractivity contribution in [3.05, 3.63) is 48.0 Å². The summed E-state index contributed by atoms with van der Waals surface area (Å²) in [5, 5.41) is 8.06. The predicted molar refractivity (Wildman–Crippen MR) is 106 cm³/mol. The zero-order valence-corrected chi connectivity index (χ0v) is 16.0. The zero-order chi connectivity index (χ0) is 20.5. The number of carbonyl (C=O) groups is 3. The van der Waals surface area contributed by atoms with Gasteiger partial charge in [-0.15, -0.1) is 0 Å². The lowest BCUT2D eigenvalue weighted by atomic mass is 10.2. The Morgan fingerprint density at radius 3 is 2.07 bits per heavy atom. The second kappa shape index (κ2) is 9.96. The maximum absolute atomic E-state index is 12.3. The SMILES string of the molecule is COc1cc(OC)cc(C(=O)NCCC(=O)Nc2cccc(NC(C)=O)c2)c1. The van der Waals surface area contributed by atoms with Crippen LogP contribution in [0.25, 0.3) is 0 Å². The van der Waals surface area contributed by atoms with Crippen molar-refractivity contribution in [1.29, 1.82) is 0 Å². The Balaban J connectivity index is 1.87. The Kier molecular flexibility index (Phi) is 7.38. The summed E-state index contributed by atoms with van der Waals surface area (Å²) in [6, 6.07) is 11.7. The van der Waals surface area contributed by atoms with E-state index in [9.17, 15) is 14.4 Å². The standard InChI is InChI=1S/C20H23N3O5/c1-13(24)22-15-5-4-6-16(11-15)23-19(25)7-8-21-20(26)14-9-17(27-2)12-18(10-14)28-3/h4-6,9-12H,7-8H2,1-3H3,(H,21,26)(H,22,24)(H,23,25). The molecule has 0 radical (unpaired) electrons. The largest absolute Gasteiger partial charge is 0.497 e. The molecule has 3 N–H and O–H groups in total. The van der Waals surface area contributed by atoms with Crippen LogP contribution < -0.4 is 25.4 Å². The van der Waals surface area contributed by atoms with Gasteiger partial charge in [-0.2, -0.15) is 0 Å². The van der Waals surface area contributed by atoms with Crippen LogP contribution in [0.5, 0.6) is 11.5 Å². The highest BCUT2D eigenvalue weighted by molar-refractivity contribution is 5.96. The van der Waals surface area contributed by atoms with Crippen LogP contribution in [0.4, 0.5) is 11.4 Å². The number of carbonyl (C=O) groups excluding carboxylic acids is 3. The summed E-state index contributed by atoms with van der Waals surface area (Å²) < 4.78 is 10.3. The third-order valence-corrected chi connectivity index (χ3v) is 3.72. The second-order valence-electron chi connectivity index (χ2n) is 5.92. The van der Waals surface area contributed by atoms with Gasteiger partial charge in [0.15, 0.2) is 0 Å². The number of rotatable bonds is 8. The molecule has 0 heterocycles. The first kappa shape index (κ1) is 20.8. The van der Waals surface area contributed by atoms with Crippen LogP contribution in [-0.4, -0.2) is 38.5 Å². The molecule has 0 unspecified atom stereocenters. The highest BCUT2D eigenvalue weighted by Gasteiger charge is 2.11. The molecule has 0 saturated heterocycles. The molecule has 0 aliphatic carbocycles. The van der Waals surface area contributed by atoms with Crippen molar-refractivity contribution in [3.8, 4) is 11.5 Å². The monoisotopic (exact) mass is 385 g/mol. The number of ether oxygens (including phenoxy) is 2. The Morgan fingerprint density at radius 2 is 1.50 bits per heavy atom. The smallest absolute Gasteiger partial charge is 0.251 e. The van der Waals surface area contributed by atoms with Crippen LogP contribution in [0.3, 0.4) is 0 Å². The fourth-order valence-corrected chi connectivity index (χ4v) is 2.43. The Hall–Kier alpha value is -3.55. The molecule has 0 aromatic heterocycles. The third-order valence-electron chi connectivity index (χ3n) is 3.72. The van der Waals surface area contributed by atoms with Crippen LogP contribution in [0.1, 0.15) is 23.7 Å². The average Bonchev–Trinajstić information content (AvgIpc) is 2.67. The summed E-state index contributed by atoms with van der Waals surface area (Å²) >= 11 is 0. The molecule has 0 atom stereocenters. The van der Waals surface area contributed by atoms with Gasteiger partial charge < -0.3 is 25.4 Å². The lowest BCUT2D eigenvalue weighted by Crippen LogP contribution is -2.27. The van der Waals surface area contributed by atoms with Crippen LogP contribution in [-0.2, 0) is 9.59 Å². The van der Waals surface area contributed by atoms with Gasteiger partial charge in [0, 0.05) is 42.9 Å². The third kappa shape index (κ3) is 6.31. The number of amides is 3. The summed E-state index contributed by atoms with van der Waals surface area (Å²) in [7, 11) is 3.00. The zero-order valence-electron chi connectivity index (χ0n) is 16.0. The van der Waals surface area contributed by atoms with Crippen LogP contribution >= 0.6 is 0 Å². The molecule has 148 valence electrons. The van der Waals surface area contributed by atoms with E-state index in [0.717, 1.165) is 0 Å². The molecule has 0 bridgehead atoms. The molecular weight excluding hydrogens is 362 g/mol. The van der Waals surface area contributed by atoms with E-state index in [0.29, 0.717) is 28.4 Å². The lowest BCUT2D eigenvalue weighted by molar-refractivity contribution is -0.116. The van der Waals surface area contributed by atoms with Crippen molar-refractivity contribution in [2.45, 2.75) is 13.3 Å². The van der Waals surface area contributed by atoms with Gasteiger partial charge in [-0.25, -0.2) is 0 Å². The summed E-state index contributed by atoms with van der Waals surface area (Å²) in [5.74, 6) is 0.212. The molecule has 2 aromatic carbocycles. The van der Waals surface area contributed by atoms with E-state index in [4.69, 9.17) is 9.47 Å². The molecule has 8 nitrogen and oxygen atoms in total. The number of anilines is 2. The maximum atomic E-state index is 12.3. The number of nitrogens with one attached hydrogen (secondary N) is 3. The first-order valence-corrected chi connectivity index (χ1v) is 8.60. The predicted octanol–water partition coefficient (Wildman–Crippen LogP) is 2.42. The summed E-state index contributed by atoms with van der Waals surface area (Å²) in [6.07, 6.45) is 0.0945. The Labute approximate surface area is 163 Å². The summed E-state index contributed by atoms with van der Waals surface area (Å²) in [4.78, 5) is 35.4. The van der Waals surface area contributed by atoms with Gasteiger partial charge in [-0.05, 0) is 30.3 Å². The Bertz CT molecular complexity index is 844. The molecular formula is C20H23N3O5. The molecule has 3 amide bonds. The van der Waals surface area contributed by atoms with E-state index in [1.165, 1.54) is 21.1 Å². The number of hydrogen-bond donors (Lipinski definition) is 3. The minimum absolute atomic E-state index is 0.0945. The van der Waals surface area contributed by atoms with Crippen molar-refractivity contribution >= 4 is 29.1 Å². The van der Waals surface area contributed by atoms with Gasteiger partial charge in [0.2, 0.25) is 11.8 Å². The highest BCUT2D eigenvalue weighted by atomic mass is 16.5. The van der Waals surface area contributed by atoms with E-state index in [2.05, 4.69) is 16.0 Å². The van der Waals surface area contributed by atoms with E-state index < -0.39 is 0 Å². The first-order valence-electron chi connectivity index (χ1n) is 8.60. The molecule has 0 spiro atoms. The molecule has 2 aromatic rings. The van der Waals surface area contributed by atoms with Gasteiger partial charge in [0.1, 0.15) is 11.5 Å². The first-order chi connectivity index (χ1) is 13.4. The number of hydrogen-bond acceptors (Lipinski definition) is 5. The van der Waals surface area contributed by atoms with Gasteiger partial charge in [0.05, 0.1) is 14.2 Å². The van der Waals surface area contributed by atoms with E-state index in [1.54, 1.807) is 42.5 Å². The molecule has 0 saturated carbocycles. The van der Waals surface area contributed by atoms with Crippen molar-refractivity contribution in [2.24, 2.45) is 0 Å². The van der Waals surface area contributed by atoms with Crippen molar-refractivity contribution in [1.82, 2.24) is 5.32 Å². The fourth-order valence-electron chi connectivity index (χ4n) is 2.43. The summed E-state index contributed by atoms with van der Waals surface area (Å²) in [5.41, 5.74) is 1.52. The van der Waals surface area contributed by atoms with Gasteiger partial charge in [0.25, 0.3) is 5.91 Å². The fraction of sp³-hybridized carbons (Fsp3) is 0.250. The van der Waals surface area contributed by atoms with Gasteiger partial charge in [-0.1, -0.05) is 6.07 Å². The molecule has 2 rings (SSSR count). The van der Waals surface area contributed by atoms with Gasteiger partial charge >= 0.3 is 0 Å². The Morgan fingerprint density at radius 1 is 0.893 bits per heavy atom. The van der Waals surface area contributed by atoms with Crippen LogP contribution in [0, 0.1) is 0 Å². The van der Waals surface area contributed by atoms with Crippen LogP contribution in [0.2, 0.25) is 0 Å².